The second-order valence-corrected chi connectivity index (χ2v) is 5.58. The summed E-state index contributed by atoms with van der Waals surface area (Å²) in [6.45, 7) is 6.89. The number of alkyl halides is 1. The molecule has 80 valence electrons. The Morgan fingerprint density at radius 1 is 1.23 bits per heavy atom. The van der Waals surface area contributed by atoms with Crippen molar-refractivity contribution in [2.45, 2.75) is 40.0 Å². The molecule has 2 atom stereocenters. The van der Waals surface area contributed by atoms with Gasteiger partial charge < -0.3 is 0 Å². The van der Waals surface area contributed by atoms with Crippen LogP contribution in [0.5, 0.6) is 0 Å². The molecule has 0 aromatic carbocycles. The third-order valence-electron chi connectivity index (χ3n) is 2.37. The van der Waals surface area contributed by atoms with E-state index in [1.165, 1.54) is 36.1 Å². The smallest absolute Gasteiger partial charge is 0.00675 e. The van der Waals surface area contributed by atoms with Gasteiger partial charge in [0.1, 0.15) is 0 Å². The fourth-order valence-corrected chi connectivity index (χ4v) is 3.41. The highest BCUT2D eigenvalue weighted by Gasteiger charge is 2.06. The first-order valence-electron chi connectivity index (χ1n) is 5.38. The van der Waals surface area contributed by atoms with Gasteiger partial charge in [-0.05, 0) is 29.8 Å². The lowest BCUT2D eigenvalue weighted by Crippen LogP contribution is -2.07. The molecule has 0 amide bonds. The van der Waals surface area contributed by atoms with Gasteiger partial charge in [-0.2, -0.15) is 11.8 Å². The van der Waals surface area contributed by atoms with E-state index in [9.17, 15) is 0 Å². The standard InChI is InChI=1S/C11H23BrS/c1-4-6-11(7-12)9-13-8-10(3)5-2/h10-11H,4-9H2,1-3H3. The van der Waals surface area contributed by atoms with Crippen LogP contribution < -0.4 is 0 Å². The lowest BCUT2D eigenvalue weighted by molar-refractivity contribution is 0.593. The molecule has 0 aromatic rings. The van der Waals surface area contributed by atoms with Crippen molar-refractivity contribution in [1.29, 1.82) is 0 Å². The Bertz CT molecular complexity index is 106. The van der Waals surface area contributed by atoms with Crippen LogP contribution in [0.25, 0.3) is 0 Å². The van der Waals surface area contributed by atoms with E-state index in [4.69, 9.17) is 0 Å². The molecule has 2 heteroatoms. The molecule has 0 nitrogen and oxygen atoms in total. The minimum absolute atomic E-state index is 0.888. The molecule has 0 aromatic heterocycles. The Hall–Kier alpha value is 0.830. The van der Waals surface area contributed by atoms with E-state index in [2.05, 4.69) is 48.5 Å². The fraction of sp³-hybridized carbons (Fsp3) is 1.00. The SMILES string of the molecule is CCCC(CBr)CSCC(C)CC. The van der Waals surface area contributed by atoms with Crippen LogP contribution in [0, 0.1) is 11.8 Å². The molecule has 2 unspecified atom stereocenters. The molecular weight excluding hydrogens is 244 g/mol. The number of rotatable bonds is 8. The average molecular weight is 267 g/mol. The van der Waals surface area contributed by atoms with E-state index >= 15 is 0 Å². The van der Waals surface area contributed by atoms with Crippen molar-refractivity contribution >= 4 is 27.7 Å². The van der Waals surface area contributed by atoms with Crippen molar-refractivity contribution in [3.05, 3.63) is 0 Å². The highest BCUT2D eigenvalue weighted by atomic mass is 79.9. The topological polar surface area (TPSA) is 0 Å². The van der Waals surface area contributed by atoms with Crippen molar-refractivity contribution < 1.29 is 0 Å². The zero-order valence-electron chi connectivity index (χ0n) is 9.18. The van der Waals surface area contributed by atoms with E-state index in [0.717, 1.165) is 11.8 Å². The van der Waals surface area contributed by atoms with Gasteiger partial charge in [0.2, 0.25) is 0 Å². The summed E-state index contributed by atoms with van der Waals surface area (Å²) in [7, 11) is 0. The van der Waals surface area contributed by atoms with E-state index < -0.39 is 0 Å². The summed E-state index contributed by atoms with van der Waals surface area (Å²) in [6.07, 6.45) is 4.01. The van der Waals surface area contributed by atoms with Gasteiger partial charge in [0, 0.05) is 5.33 Å². The lowest BCUT2D eigenvalue weighted by Gasteiger charge is -2.14. The van der Waals surface area contributed by atoms with Crippen molar-refractivity contribution in [2.75, 3.05) is 16.8 Å². The molecule has 0 bridgehead atoms. The third-order valence-corrected chi connectivity index (χ3v) is 4.80. The van der Waals surface area contributed by atoms with Crippen LogP contribution in [0.3, 0.4) is 0 Å². The predicted octanol–water partition coefficient (Wildman–Crippen LogP) is 4.58. The van der Waals surface area contributed by atoms with Gasteiger partial charge in [-0.1, -0.05) is 49.5 Å². The van der Waals surface area contributed by atoms with Gasteiger partial charge in [0.05, 0.1) is 0 Å². The summed E-state index contributed by atoms with van der Waals surface area (Å²) < 4.78 is 0. The molecule has 0 N–H and O–H groups in total. The molecular formula is C11H23BrS. The second-order valence-electron chi connectivity index (χ2n) is 3.86. The first-order chi connectivity index (χ1) is 6.24. The van der Waals surface area contributed by atoms with E-state index in [-0.39, 0.29) is 0 Å². The quantitative estimate of drug-likeness (QED) is 0.580. The monoisotopic (exact) mass is 266 g/mol. The van der Waals surface area contributed by atoms with Crippen molar-refractivity contribution in [3.63, 3.8) is 0 Å². The van der Waals surface area contributed by atoms with Crippen LogP contribution in [0.15, 0.2) is 0 Å². The minimum Gasteiger partial charge on any atom is -0.161 e. The van der Waals surface area contributed by atoms with Crippen LogP contribution in [-0.4, -0.2) is 16.8 Å². The summed E-state index contributed by atoms with van der Waals surface area (Å²) in [5.74, 6) is 4.45. The zero-order valence-corrected chi connectivity index (χ0v) is 11.6. The third kappa shape index (κ3) is 7.87. The first-order valence-corrected chi connectivity index (χ1v) is 7.65. The summed E-state index contributed by atoms with van der Waals surface area (Å²) in [5.41, 5.74) is 0. The van der Waals surface area contributed by atoms with E-state index in [0.29, 0.717) is 0 Å². The maximum Gasteiger partial charge on any atom is 0.00675 e. The van der Waals surface area contributed by atoms with Crippen molar-refractivity contribution in [2.24, 2.45) is 11.8 Å². The molecule has 0 aliphatic heterocycles. The second kappa shape index (κ2) is 9.39. The van der Waals surface area contributed by atoms with Gasteiger partial charge in [-0.15, -0.1) is 0 Å². The summed E-state index contributed by atoms with van der Waals surface area (Å²) in [6, 6.07) is 0. The van der Waals surface area contributed by atoms with Gasteiger partial charge in [-0.3, -0.25) is 0 Å². The number of halogens is 1. The first kappa shape index (κ1) is 13.8. The molecule has 0 radical (unpaired) electrons. The maximum absolute atomic E-state index is 3.59. The molecule has 0 saturated carbocycles. The summed E-state index contributed by atoms with van der Waals surface area (Å²) >= 11 is 5.72. The van der Waals surface area contributed by atoms with Crippen LogP contribution in [0.4, 0.5) is 0 Å². The molecule has 0 aliphatic carbocycles. The van der Waals surface area contributed by atoms with E-state index in [1.807, 2.05) is 0 Å². The highest BCUT2D eigenvalue weighted by molar-refractivity contribution is 9.09. The normalized spacial score (nSPS) is 15.7. The van der Waals surface area contributed by atoms with Crippen LogP contribution in [0.2, 0.25) is 0 Å². The molecule has 0 heterocycles. The lowest BCUT2D eigenvalue weighted by atomic mass is 10.1. The molecule has 0 aliphatic rings. The molecule has 0 spiro atoms. The van der Waals surface area contributed by atoms with Crippen molar-refractivity contribution in [3.8, 4) is 0 Å². The van der Waals surface area contributed by atoms with Crippen LogP contribution in [0.1, 0.15) is 40.0 Å². The number of thioether (sulfide) groups is 1. The largest absolute Gasteiger partial charge is 0.161 e. The van der Waals surface area contributed by atoms with Crippen LogP contribution in [-0.2, 0) is 0 Å². The molecule has 0 saturated heterocycles. The fourth-order valence-electron chi connectivity index (χ4n) is 1.17. The Labute approximate surface area is 96.4 Å². The van der Waals surface area contributed by atoms with Crippen molar-refractivity contribution in [1.82, 2.24) is 0 Å². The zero-order chi connectivity index (χ0) is 10.1. The van der Waals surface area contributed by atoms with E-state index in [1.54, 1.807) is 0 Å². The Morgan fingerprint density at radius 2 is 1.92 bits per heavy atom. The van der Waals surface area contributed by atoms with Gasteiger partial charge in [-0.25, -0.2) is 0 Å². The highest BCUT2D eigenvalue weighted by Crippen LogP contribution is 2.19. The molecule has 0 fully saturated rings. The summed E-state index contributed by atoms with van der Waals surface area (Å²) in [4.78, 5) is 0. The predicted molar refractivity (Wildman–Crippen MR) is 69.0 cm³/mol. The Morgan fingerprint density at radius 3 is 2.38 bits per heavy atom. The van der Waals surface area contributed by atoms with Gasteiger partial charge in [0.15, 0.2) is 0 Å². The average Bonchev–Trinajstić information content (AvgIpc) is 2.16. The maximum atomic E-state index is 3.59. The molecule has 0 rings (SSSR count). The van der Waals surface area contributed by atoms with Crippen LogP contribution >= 0.6 is 27.7 Å². The summed E-state index contributed by atoms with van der Waals surface area (Å²) in [5, 5.41) is 1.17. The molecule has 13 heavy (non-hydrogen) atoms. The number of hydrogen-bond donors (Lipinski definition) is 0. The van der Waals surface area contributed by atoms with Gasteiger partial charge >= 0.3 is 0 Å². The van der Waals surface area contributed by atoms with Gasteiger partial charge in [0.25, 0.3) is 0 Å². The number of hydrogen-bond acceptors (Lipinski definition) is 1. The Kier molecular flexibility index (Phi) is 9.99. The minimum atomic E-state index is 0.888. The Balaban J connectivity index is 3.37.